The molecule has 1 aliphatic heterocycles. The first-order chi connectivity index (χ1) is 20.2. The van der Waals surface area contributed by atoms with Crippen LogP contribution in [0.4, 0.5) is 0 Å². The van der Waals surface area contributed by atoms with Crippen LogP contribution < -0.4 is 25.0 Å². The molecule has 228 valence electrons. The number of unbranched alkanes of at least 4 members (excludes halogenated alkanes) is 2. The topological polar surface area (TPSA) is 177 Å². The van der Waals surface area contributed by atoms with Gasteiger partial charge >= 0.3 is 0 Å². The molecule has 4 rings (SSSR count). The van der Waals surface area contributed by atoms with Crippen molar-refractivity contribution in [1.29, 1.82) is 0 Å². The predicted molar refractivity (Wildman–Crippen MR) is 152 cm³/mol. The number of amides is 1. The summed E-state index contributed by atoms with van der Waals surface area (Å²) in [6.07, 6.45) is -5.64. The minimum absolute atomic E-state index is 0.00842. The molecule has 0 bridgehead atoms. The Morgan fingerprint density at radius 3 is 2.33 bits per heavy atom. The van der Waals surface area contributed by atoms with Crippen LogP contribution in [0.5, 0.6) is 17.2 Å². The van der Waals surface area contributed by atoms with Gasteiger partial charge in [-0.1, -0.05) is 19.8 Å². The van der Waals surface area contributed by atoms with E-state index in [0.29, 0.717) is 30.0 Å². The summed E-state index contributed by atoms with van der Waals surface area (Å²) < 4.78 is 28.2. The number of rotatable bonds is 11. The number of fused-ring (bicyclic) bond motifs is 1. The van der Waals surface area contributed by atoms with Crippen molar-refractivity contribution in [1.82, 2.24) is 5.32 Å². The van der Waals surface area contributed by atoms with Gasteiger partial charge in [0.2, 0.25) is 0 Å². The molecule has 1 aromatic heterocycles. The monoisotopic (exact) mass is 587 g/mol. The molecule has 5 atom stereocenters. The van der Waals surface area contributed by atoms with Crippen molar-refractivity contribution < 1.29 is 48.6 Å². The number of methoxy groups -OCH3 is 3. The second kappa shape index (κ2) is 13.5. The number of aliphatic hydroxyl groups is 4. The lowest BCUT2D eigenvalue weighted by atomic mass is 9.87. The number of carbonyl (C=O) groups is 1. The molecule has 0 radical (unpaired) electrons. The van der Waals surface area contributed by atoms with Crippen LogP contribution in [-0.2, 0) is 16.1 Å². The maximum Gasteiger partial charge on any atom is 0.251 e. The number of aliphatic hydroxyl groups excluding tert-OH is 4. The first-order valence-corrected chi connectivity index (χ1v) is 13.7. The molecule has 5 N–H and O–H groups in total. The van der Waals surface area contributed by atoms with E-state index < -0.39 is 48.5 Å². The number of ether oxygens (including phenoxy) is 4. The van der Waals surface area contributed by atoms with Crippen molar-refractivity contribution in [2.45, 2.75) is 63.3 Å². The van der Waals surface area contributed by atoms with Gasteiger partial charge in [0.05, 0.1) is 27.9 Å². The molecule has 2 aromatic carbocycles. The molecule has 0 aliphatic carbocycles. The summed E-state index contributed by atoms with van der Waals surface area (Å²) in [4.78, 5) is 26.4. The van der Waals surface area contributed by atoms with Gasteiger partial charge in [-0.2, -0.15) is 0 Å². The Balaban J connectivity index is 1.80. The van der Waals surface area contributed by atoms with Crippen LogP contribution in [-0.4, -0.2) is 78.6 Å². The Kier molecular flexibility index (Phi) is 10.1. The van der Waals surface area contributed by atoms with Crippen molar-refractivity contribution in [2.24, 2.45) is 0 Å². The van der Waals surface area contributed by atoms with Gasteiger partial charge in [0.25, 0.3) is 5.91 Å². The van der Waals surface area contributed by atoms with Crippen LogP contribution in [0, 0.1) is 0 Å². The van der Waals surface area contributed by atoms with Gasteiger partial charge in [-0.3, -0.25) is 9.59 Å². The maximum atomic E-state index is 13.5. The van der Waals surface area contributed by atoms with Crippen molar-refractivity contribution in [3.63, 3.8) is 0 Å². The summed E-state index contributed by atoms with van der Waals surface area (Å²) in [5, 5.41) is 45.2. The fourth-order valence-corrected chi connectivity index (χ4v) is 5.16. The van der Waals surface area contributed by atoms with Crippen LogP contribution in [0.2, 0.25) is 0 Å². The zero-order valence-corrected chi connectivity index (χ0v) is 24.0. The zero-order valence-electron chi connectivity index (χ0n) is 24.0. The summed E-state index contributed by atoms with van der Waals surface area (Å²) in [6, 6.07) is 7.67. The van der Waals surface area contributed by atoms with Gasteiger partial charge in [0, 0.05) is 23.7 Å². The van der Waals surface area contributed by atoms with E-state index in [9.17, 15) is 30.0 Å². The largest absolute Gasteiger partial charge is 0.495 e. The van der Waals surface area contributed by atoms with E-state index in [1.165, 1.54) is 33.5 Å². The molecule has 12 heteroatoms. The number of hydrogen-bond donors (Lipinski definition) is 5. The second-order valence-corrected chi connectivity index (χ2v) is 10.0. The Hall–Kier alpha value is -3.68. The second-order valence-electron chi connectivity index (χ2n) is 10.0. The highest BCUT2D eigenvalue weighted by Gasteiger charge is 2.48. The summed E-state index contributed by atoms with van der Waals surface area (Å²) in [5.74, 6) is 0.386. The van der Waals surface area contributed by atoms with Crippen molar-refractivity contribution in [3.8, 4) is 28.6 Å². The van der Waals surface area contributed by atoms with Crippen LogP contribution in [0.25, 0.3) is 22.3 Å². The SMILES string of the molecule is CCCCCNC(=O)C1OC(c2c(CO)cc3oc(-c4ccc(OC)c(OC)c4)cc(=O)c3c2OC)C(O)C(O)C1O. The molecule has 1 aliphatic rings. The highest BCUT2D eigenvalue weighted by molar-refractivity contribution is 5.88. The first-order valence-electron chi connectivity index (χ1n) is 13.7. The molecule has 1 fully saturated rings. The smallest absolute Gasteiger partial charge is 0.251 e. The predicted octanol–water partition coefficient (Wildman–Crippen LogP) is 1.81. The first kappa shape index (κ1) is 31.3. The summed E-state index contributed by atoms with van der Waals surface area (Å²) >= 11 is 0. The fourth-order valence-electron chi connectivity index (χ4n) is 5.16. The van der Waals surface area contributed by atoms with E-state index in [1.807, 2.05) is 6.92 Å². The van der Waals surface area contributed by atoms with Crippen molar-refractivity contribution >= 4 is 16.9 Å². The lowest BCUT2D eigenvalue weighted by Crippen LogP contribution is -2.59. The molecule has 42 heavy (non-hydrogen) atoms. The Labute approximate surface area is 242 Å². The third-order valence-corrected chi connectivity index (χ3v) is 7.38. The van der Waals surface area contributed by atoms with Crippen LogP contribution in [0.3, 0.4) is 0 Å². The number of carbonyl (C=O) groups excluding carboxylic acids is 1. The highest BCUT2D eigenvalue weighted by Crippen LogP contribution is 2.43. The quantitative estimate of drug-likeness (QED) is 0.207. The minimum Gasteiger partial charge on any atom is -0.495 e. The molecule has 5 unspecified atom stereocenters. The van der Waals surface area contributed by atoms with E-state index in [0.717, 1.165) is 12.8 Å². The standard InChI is InChI=1S/C30H37NO11/c1-5-6-7-10-31-30(37)29-26(36)24(34)25(35)28(42-29)22-16(14-32)12-21-23(27(22)40-4)17(33)13-19(41-21)15-8-9-18(38-2)20(11-15)39-3/h8-9,11-13,24-26,28-29,32,34-36H,5-7,10,14H2,1-4H3,(H,31,37). The van der Waals surface area contributed by atoms with Crippen LogP contribution in [0.15, 0.2) is 39.5 Å². The summed E-state index contributed by atoms with van der Waals surface area (Å²) in [5.41, 5.74) is 0.298. The summed E-state index contributed by atoms with van der Waals surface area (Å²) in [6.45, 7) is 1.77. The summed E-state index contributed by atoms with van der Waals surface area (Å²) in [7, 11) is 4.28. The number of hydrogen-bond acceptors (Lipinski definition) is 11. The zero-order chi connectivity index (χ0) is 30.6. The maximum absolute atomic E-state index is 13.5. The molecule has 12 nitrogen and oxygen atoms in total. The van der Waals surface area contributed by atoms with E-state index in [1.54, 1.807) is 18.2 Å². The highest BCUT2D eigenvalue weighted by atomic mass is 16.5. The minimum atomic E-state index is -1.77. The number of nitrogens with one attached hydrogen (secondary N) is 1. The lowest BCUT2D eigenvalue weighted by Gasteiger charge is -2.41. The van der Waals surface area contributed by atoms with Gasteiger partial charge < -0.3 is 49.1 Å². The fraction of sp³-hybridized carbons (Fsp3) is 0.467. The Morgan fingerprint density at radius 2 is 1.69 bits per heavy atom. The normalized spacial score (nSPS) is 22.1. The Morgan fingerprint density at radius 1 is 0.952 bits per heavy atom. The average molecular weight is 588 g/mol. The molecular weight excluding hydrogens is 550 g/mol. The van der Waals surface area contributed by atoms with E-state index in [4.69, 9.17) is 23.4 Å². The molecule has 1 saturated heterocycles. The van der Waals surface area contributed by atoms with Gasteiger partial charge in [-0.25, -0.2) is 0 Å². The lowest BCUT2D eigenvalue weighted by molar-refractivity contribution is -0.223. The van der Waals surface area contributed by atoms with Gasteiger partial charge in [0.15, 0.2) is 23.0 Å². The van der Waals surface area contributed by atoms with Crippen LogP contribution in [0.1, 0.15) is 43.4 Å². The molecular formula is C30H37NO11. The molecule has 2 heterocycles. The third kappa shape index (κ3) is 5.94. The molecule has 0 saturated carbocycles. The van der Waals surface area contributed by atoms with Crippen LogP contribution >= 0.6 is 0 Å². The molecule has 0 spiro atoms. The van der Waals surface area contributed by atoms with Gasteiger partial charge in [0.1, 0.15) is 46.9 Å². The van der Waals surface area contributed by atoms with E-state index >= 15 is 0 Å². The number of benzene rings is 2. The Bertz CT molecular complexity index is 1470. The van der Waals surface area contributed by atoms with Gasteiger partial charge in [-0.15, -0.1) is 0 Å². The van der Waals surface area contributed by atoms with Gasteiger partial charge in [-0.05, 0) is 36.2 Å². The van der Waals surface area contributed by atoms with Crippen molar-refractivity contribution in [3.05, 3.63) is 51.7 Å². The molecule has 1 amide bonds. The van der Waals surface area contributed by atoms with Crippen molar-refractivity contribution in [2.75, 3.05) is 27.9 Å². The van der Waals surface area contributed by atoms with E-state index in [-0.39, 0.29) is 33.6 Å². The third-order valence-electron chi connectivity index (χ3n) is 7.38. The average Bonchev–Trinajstić information content (AvgIpc) is 3.00. The molecule has 3 aromatic rings. The van der Waals surface area contributed by atoms with E-state index in [2.05, 4.69) is 5.32 Å².